The number of ether oxygens (including phenoxy) is 2. The molecule has 36 heavy (non-hydrogen) atoms. The van der Waals surface area contributed by atoms with Crippen LogP contribution in [0.2, 0.25) is 0 Å². The lowest BCUT2D eigenvalue weighted by Gasteiger charge is -2.10. The molecule has 0 aliphatic carbocycles. The van der Waals surface area contributed by atoms with Gasteiger partial charge in [0.15, 0.2) is 0 Å². The molecule has 4 aromatic carbocycles. The minimum absolute atomic E-state index is 0.107. The Labute approximate surface area is 208 Å². The van der Waals surface area contributed by atoms with Gasteiger partial charge in [0.25, 0.3) is 5.91 Å². The van der Waals surface area contributed by atoms with Crippen LogP contribution in [0.1, 0.15) is 42.2 Å². The SMILES string of the molecule is Cc1ccc(C(=O)N/N=C/c2ccc(OC(=O)c3ccccc3)cc2OC(=O)c2ccccc2)cc1. The van der Waals surface area contributed by atoms with Crippen molar-refractivity contribution in [2.75, 3.05) is 0 Å². The number of rotatable bonds is 7. The summed E-state index contributed by atoms with van der Waals surface area (Å²) in [6.45, 7) is 1.93. The van der Waals surface area contributed by atoms with Crippen molar-refractivity contribution >= 4 is 24.1 Å². The van der Waals surface area contributed by atoms with Crippen molar-refractivity contribution in [3.8, 4) is 11.5 Å². The van der Waals surface area contributed by atoms with Gasteiger partial charge in [-0.1, -0.05) is 54.1 Å². The Morgan fingerprint density at radius 1 is 0.694 bits per heavy atom. The minimum atomic E-state index is -0.597. The fourth-order valence-electron chi connectivity index (χ4n) is 3.18. The molecule has 0 aromatic heterocycles. The molecule has 0 atom stereocenters. The van der Waals surface area contributed by atoms with E-state index in [1.807, 2.05) is 19.1 Å². The lowest BCUT2D eigenvalue weighted by atomic mass is 10.1. The lowest BCUT2D eigenvalue weighted by molar-refractivity contribution is 0.0732. The number of aryl methyl sites for hydroxylation is 1. The van der Waals surface area contributed by atoms with Gasteiger partial charge in [-0.3, -0.25) is 4.79 Å². The summed E-state index contributed by atoms with van der Waals surface area (Å²) >= 11 is 0. The summed E-state index contributed by atoms with van der Waals surface area (Å²) in [6.07, 6.45) is 1.35. The summed E-state index contributed by atoms with van der Waals surface area (Å²) in [5.74, 6) is -1.25. The van der Waals surface area contributed by atoms with Crippen LogP contribution in [0.4, 0.5) is 0 Å². The van der Waals surface area contributed by atoms with Crippen LogP contribution in [0, 0.1) is 6.92 Å². The van der Waals surface area contributed by atoms with Crippen LogP contribution < -0.4 is 14.9 Å². The molecule has 0 radical (unpaired) electrons. The van der Waals surface area contributed by atoms with Gasteiger partial charge < -0.3 is 9.47 Å². The zero-order chi connectivity index (χ0) is 25.3. The molecule has 0 fully saturated rings. The van der Waals surface area contributed by atoms with Gasteiger partial charge in [0.1, 0.15) is 11.5 Å². The summed E-state index contributed by atoms with van der Waals surface area (Å²) in [4.78, 5) is 37.5. The van der Waals surface area contributed by atoms with E-state index in [9.17, 15) is 14.4 Å². The van der Waals surface area contributed by atoms with E-state index in [-0.39, 0.29) is 17.4 Å². The van der Waals surface area contributed by atoms with E-state index in [0.29, 0.717) is 22.3 Å². The van der Waals surface area contributed by atoms with Crippen LogP contribution in [0.15, 0.2) is 108 Å². The fraction of sp³-hybridized carbons (Fsp3) is 0.0345. The zero-order valence-corrected chi connectivity index (χ0v) is 19.4. The van der Waals surface area contributed by atoms with Crippen molar-refractivity contribution in [2.24, 2.45) is 5.10 Å². The van der Waals surface area contributed by atoms with Gasteiger partial charge in [-0.2, -0.15) is 5.10 Å². The molecule has 4 rings (SSSR count). The fourth-order valence-corrected chi connectivity index (χ4v) is 3.18. The van der Waals surface area contributed by atoms with E-state index < -0.39 is 11.9 Å². The number of amides is 1. The molecule has 1 N–H and O–H groups in total. The van der Waals surface area contributed by atoms with Crippen LogP contribution in [-0.2, 0) is 0 Å². The summed E-state index contributed by atoms with van der Waals surface area (Å²) < 4.78 is 11.0. The molecule has 0 saturated carbocycles. The molecule has 0 unspecified atom stereocenters. The molecule has 4 aromatic rings. The molecular weight excluding hydrogens is 456 g/mol. The number of hydrogen-bond acceptors (Lipinski definition) is 6. The highest BCUT2D eigenvalue weighted by molar-refractivity contribution is 5.96. The maximum atomic E-state index is 12.7. The van der Waals surface area contributed by atoms with Crippen LogP contribution in [0.25, 0.3) is 0 Å². The number of carbonyl (C=O) groups excluding carboxylic acids is 3. The standard InChI is InChI=1S/C29H22N2O5/c1-20-12-14-21(15-13-20)27(32)31-30-19-24-16-17-25(35-28(33)22-8-4-2-5-9-22)18-26(24)36-29(34)23-10-6-3-7-11-23/h2-19H,1H3,(H,31,32)/b30-19+. The van der Waals surface area contributed by atoms with Gasteiger partial charge in [-0.25, -0.2) is 15.0 Å². The van der Waals surface area contributed by atoms with Crippen LogP contribution in [0.3, 0.4) is 0 Å². The number of hydrazone groups is 1. The monoisotopic (exact) mass is 478 g/mol. The predicted molar refractivity (Wildman–Crippen MR) is 135 cm³/mol. The van der Waals surface area contributed by atoms with E-state index in [4.69, 9.17) is 9.47 Å². The topological polar surface area (TPSA) is 94.1 Å². The summed E-state index contributed by atoms with van der Waals surface area (Å²) in [7, 11) is 0. The molecule has 1 amide bonds. The maximum Gasteiger partial charge on any atom is 0.343 e. The van der Waals surface area contributed by atoms with Crippen molar-refractivity contribution in [1.82, 2.24) is 5.43 Å². The van der Waals surface area contributed by atoms with Crippen molar-refractivity contribution in [3.63, 3.8) is 0 Å². The van der Waals surface area contributed by atoms with Crippen LogP contribution in [0.5, 0.6) is 11.5 Å². The second-order valence-corrected chi connectivity index (χ2v) is 7.78. The first kappa shape index (κ1) is 24.1. The Kier molecular flexibility index (Phi) is 7.63. The average molecular weight is 479 g/mol. The van der Waals surface area contributed by atoms with Gasteiger partial charge in [0.2, 0.25) is 0 Å². The van der Waals surface area contributed by atoms with Gasteiger partial charge in [-0.05, 0) is 55.5 Å². The number of benzene rings is 4. The number of hydrogen-bond donors (Lipinski definition) is 1. The first-order valence-electron chi connectivity index (χ1n) is 11.1. The molecule has 0 bridgehead atoms. The minimum Gasteiger partial charge on any atom is -0.423 e. The highest BCUT2D eigenvalue weighted by Gasteiger charge is 2.15. The van der Waals surface area contributed by atoms with Gasteiger partial charge in [0.05, 0.1) is 17.3 Å². The first-order valence-corrected chi connectivity index (χ1v) is 11.1. The number of nitrogens with zero attached hydrogens (tertiary/aromatic N) is 1. The highest BCUT2D eigenvalue weighted by Crippen LogP contribution is 2.26. The smallest absolute Gasteiger partial charge is 0.343 e. The predicted octanol–water partition coefficient (Wildman–Crippen LogP) is 5.20. The molecule has 0 spiro atoms. The maximum absolute atomic E-state index is 12.7. The molecule has 0 saturated heterocycles. The summed E-state index contributed by atoms with van der Waals surface area (Å²) in [6, 6.07) is 28.6. The molecule has 7 nitrogen and oxygen atoms in total. The zero-order valence-electron chi connectivity index (χ0n) is 19.4. The molecule has 0 aliphatic heterocycles. The molecule has 178 valence electrons. The Morgan fingerprint density at radius 3 is 1.89 bits per heavy atom. The van der Waals surface area contributed by atoms with Crippen LogP contribution >= 0.6 is 0 Å². The number of carbonyl (C=O) groups is 3. The quantitative estimate of drug-likeness (QED) is 0.171. The van der Waals surface area contributed by atoms with Gasteiger partial charge >= 0.3 is 11.9 Å². The summed E-state index contributed by atoms with van der Waals surface area (Å²) in [5.41, 5.74) is 5.06. The largest absolute Gasteiger partial charge is 0.423 e. The van der Waals surface area contributed by atoms with Crippen LogP contribution in [-0.4, -0.2) is 24.1 Å². The highest BCUT2D eigenvalue weighted by atomic mass is 16.5. The van der Waals surface area contributed by atoms with Gasteiger partial charge in [-0.15, -0.1) is 0 Å². The third-order valence-corrected chi connectivity index (χ3v) is 5.10. The van der Waals surface area contributed by atoms with Crippen molar-refractivity contribution in [1.29, 1.82) is 0 Å². The van der Waals surface area contributed by atoms with Crippen molar-refractivity contribution in [2.45, 2.75) is 6.92 Å². The van der Waals surface area contributed by atoms with E-state index in [2.05, 4.69) is 10.5 Å². The van der Waals surface area contributed by atoms with Crippen molar-refractivity contribution in [3.05, 3.63) is 131 Å². The normalized spacial score (nSPS) is 10.6. The van der Waals surface area contributed by atoms with Gasteiger partial charge in [0, 0.05) is 17.2 Å². The number of esters is 2. The summed E-state index contributed by atoms with van der Waals surface area (Å²) in [5, 5.41) is 4.00. The number of nitrogens with one attached hydrogen (secondary N) is 1. The third kappa shape index (κ3) is 6.30. The second kappa shape index (κ2) is 11.4. The van der Waals surface area contributed by atoms with E-state index in [1.54, 1.807) is 84.9 Å². The van der Waals surface area contributed by atoms with E-state index >= 15 is 0 Å². The first-order chi connectivity index (χ1) is 17.5. The Morgan fingerprint density at radius 2 is 1.28 bits per heavy atom. The average Bonchev–Trinajstić information content (AvgIpc) is 2.91. The Bertz CT molecular complexity index is 1400. The Balaban J connectivity index is 1.55. The van der Waals surface area contributed by atoms with Crippen molar-refractivity contribution < 1.29 is 23.9 Å². The molecule has 0 heterocycles. The Hall–Kier alpha value is -5.04. The molecule has 0 aliphatic rings. The molecule has 7 heteroatoms. The van der Waals surface area contributed by atoms with E-state index in [0.717, 1.165) is 5.56 Å². The van der Waals surface area contributed by atoms with E-state index in [1.165, 1.54) is 12.3 Å². The lowest BCUT2D eigenvalue weighted by Crippen LogP contribution is -2.17. The third-order valence-electron chi connectivity index (χ3n) is 5.10. The molecular formula is C29H22N2O5. The second-order valence-electron chi connectivity index (χ2n) is 7.78.